The maximum absolute atomic E-state index is 3.53. The van der Waals surface area contributed by atoms with Gasteiger partial charge < -0.3 is 0 Å². The van der Waals surface area contributed by atoms with E-state index >= 15 is 0 Å². The first kappa shape index (κ1) is 10.6. The molecule has 0 bridgehead atoms. The Hall–Kier alpha value is 0.0500. The minimum Gasteiger partial charge on any atom is -0.162 e. The van der Waals surface area contributed by atoms with Crippen LogP contribution in [0.3, 0.4) is 0 Å². The summed E-state index contributed by atoms with van der Waals surface area (Å²) >= 11 is 5.63. The maximum Gasteiger partial charge on any atom is 0.0178 e. The summed E-state index contributed by atoms with van der Waals surface area (Å²) in [5.74, 6) is 4.29. The Labute approximate surface area is 98.6 Å². The van der Waals surface area contributed by atoms with Gasteiger partial charge in [0.05, 0.1) is 0 Å². The topological polar surface area (TPSA) is 0 Å². The maximum atomic E-state index is 3.53. The third kappa shape index (κ3) is 2.34. The van der Waals surface area contributed by atoms with Gasteiger partial charge in [0.15, 0.2) is 0 Å². The third-order valence-corrected chi connectivity index (χ3v) is 4.73. The van der Waals surface area contributed by atoms with Gasteiger partial charge in [-0.05, 0) is 47.5 Å². The molecule has 0 aromatic heterocycles. The van der Waals surface area contributed by atoms with E-state index in [1.165, 1.54) is 28.0 Å². The average molecular weight is 271 g/mol. The fraction of sp³-hybridized carbons (Fsp3) is 0.500. The molecule has 1 heterocycles. The van der Waals surface area contributed by atoms with E-state index in [0.29, 0.717) is 5.92 Å². The molecule has 1 aliphatic heterocycles. The summed E-state index contributed by atoms with van der Waals surface area (Å²) in [6, 6.07) is 8.74. The molecule has 76 valence electrons. The zero-order valence-corrected chi connectivity index (χ0v) is 10.8. The lowest BCUT2D eigenvalue weighted by Gasteiger charge is -2.18. The van der Waals surface area contributed by atoms with Gasteiger partial charge in [-0.15, -0.1) is 0 Å². The van der Waals surface area contributed by atoms with E-state index < -0.39 is 0 Å². The van der Waals surface area contributed by atoms with E-state index in [1.807, 2.05) is 0 Å². The molecule has 0 spiro atoms. The summed E-state index contributed by atoms with van der Waals surface area (Å²) < 4.78 is 1.20. The quantitative estimate of drug-likeness (QED) is 0.772. The first-order chi connectivity index (χ1) is 6.77. The average Bonchev–Trinajstić information content (AvgIpc) is 2.69. The molecule has 2 rings (SSSR count). The standard InChI is InChI=1S/C12H15BrS/c1-9(11-5-6-14-8-11)10-3-2-4-12(13)7-10/h2-4,7,9,11H,5-6,8H2,1H3. The van der Waals surface area contributed by atoms with Crippen LogP contribution in [0, 0.1) is 5.92 Å². The number of benzene rings is 1. The molecule has 0 saturated carbocycles. The van der Waals surface area contributed by atoms with Crippen molar-refractivity contribution >= 4 is 27.7 Å². The number of thioether (sulfide) groups is 1. The zero-order chi connectivity index (χ0) is 9.97. The molecule has 1 aromatic carbocycles. The summed E-state index contributed by atoms with van der Waals surface area (Å²) in [6.07, 6.45) is 1.39. The Balaban J connectivity index is 2.13. The molecule has 2 unspecified atom stereocenters. The monoisotopic (exact) mass is 270 g/mol. The smallest absolute Gasteiger partial charge is 0.0178 e. The van der Waals surface area contributed by atoms with Crippen molar-refractivity contribution in [3.05, 3.63) is 34.3 Å². The summed E-state index contributed by atoms with van der Waals surface area (Å²) in [6.45, 7) is 2.36. The van der Waals surface area contributed by atoms with Crippen LogP contribution in [0.2, 0.25) is 0 Å². The highest BCUT2D eigenvalue weighted by atomic mass is 79.9. The van der Waals surface area contributed by atoms with Crippen LogP contribution >= 0.6 is 27.7 Å². The van der Waals surface area contributed by atoms with Gasteiger partial charge in [0.2, 0.25) is 0 Å². The summed E-state index contributed by atoms with van der Waals surface area (Å²) in [7, 11) is 0. The van der Waals surface area contributed by atoms with Crippen LogP contribution in [-0.2, 0) is 0 Å². The summed E-state index contributed by atoms with van der Waals surface area (Å²) in [4.78, 5) is 0. The Kier molecular flexibility index (Phi) is 3.56. The lowest BCUT2D eigenvalue weighted by atomic mass is 9.87. The largest absolute Gasteiger partial charge is 0.162 e. The van der Waals surface area contributed by atoms with Crippen LogP contribution in [0.5, 0.6) is 0 Å². The Morgan fingerprint density at radius 2 is 2.36 bits per heavy atom. The summed E-state index contributed by atoms with van der Waals surface area (Å²) in [5, 5.41) is 0. The molecule has 1 saturated heterocycles. The minimum atomic E-state index is 0.711. The molecule has 0 aliphatic carbocycles. The van der Waals surface area contributed by atoms with Crippen molar-refractivity contribution in [3.8, 4) is 0 Å². The van der Waals surface area contributed by atoms with Crippen molar-refractivity contribution in [2.24, 2.45) is 5.92 Å². The molecule has 2 heteroatoms. The molecular formula is C12H15BrS. The molecule has 0 N–H and O–H groups in total. The predicted molar refractivity (Wildman–Crippen MR) is 68.0 cm³/mol. The van der Waals surface area contributed by atoms with Crippen molar-refractivity contribution in [2.75, 3.05) is 11.5 Å². The molecule has 0 nitrogen and oxygen atoms in total. The summed E-state index contributed by atoms with van der Waals surface area (Å²) in [5.41, 5.74) is 1.48. The SMILES string of the molecule is CC(c1cccc(Br)c1)C1CCSC1. The van der Waals surface area contributed by atoms with Crippen LogP contribution < -0.4 is 0 Å². The van der Waals surface area contributed by atoms with Gasteiger partial charge in [-0.2, -0.15) is 11.8 Å². The van der Waals surface area contributed by atoms with Crippen LogP contribution in [0.25, 0.3) is 0 Å². The fourth-order valence-corrected chi connectivity index (χ4v) is 3.82. The van der Waals surface area contributed by atoms with Crippen LogP contribution in [0.1, 0.15) is 24.8 Å². The van der Waals surface area contributed by atoms with Crippen molar-refractivity contribution < 1.29 is 0 Å². The van der Waals surface area contributed by atoms with Gasteiger partial charge in [-0.25, -0.2) is 0 Å². The van der Waals surface area contributed by atoms with Crippen LogP contribution in [0.4, 0.5) is 0 Å². The van der Waals surface area contributed by atoms with E-state index in [2.05, 4.69) is 58.9 Å². The molecule has 1 aliphatic rings. The normalized spacial score (nSPS) is 23.7. The second kappa shape index (κ2) is 4.71. The predicted octanol–water partition coefficient (Wildman–Crippen LogP) is 4.31. The van der Waals surface area contributed by atoms with Gasteiger partial charge in [-0.1, -0.05) is 35.0 Å². The van der Waals surface area contributed by atoms with Crippen molar-refractivity contribution in [1.82, 2.24) is 0 Å². The second-order valence-corrected chi connectivity index (χ2v) is 6.03. The molecule has 0 radical (unpaired) electrons. The fourth-order valence-electron chi connectivity index (χ4n) is 2.01. The number of hydrogen-bond acceptors (Lipinski definition) is 1. The first-order valence-corrected chi connectivity index (χ1v) is 7.05. The Morgan fingerprint density at radius 1 is 1.50 bits per heavy atom. The van der Waals surface area contributed by atoms with E-state index in [9.17, 15) is 0 Å². The van der Waals surface area contributed by atoms with Gasteiger partial charge in [0, 0.05) is 4.47 Å². The molecule has 1 aromatic rings. The highest BCUT2D eigenvalue weighted by molar-refractivity contribution is 9.10. The van der Waals surface area contributed by atoms with E-state index in [0.717, 1.165) is 5.92 Å². The molecular weight excluding hydrogens is 256 g/mol. The van der Waals surface area contributed by atoms with E-state index in [-0.39, 0.29) is 0 Å². The molecule has 0 amide bonds. The number of hydrogen-bond donors (Lipinski definition) is 0. The lowest BCUT2D eigenvalue weighted by Crippen LogP contribution is -2.08. The highest BCUT2D eigenvalue weighted by Gasteiger charge is 2.22. The molecule has 14 heavy (non-hydrogen) atoms. The number of halogens is 1. The third-order valence-electron chi connectivity index (χ3n) is 3.05. The van der Waals surface area contributed by atoms with Crippen LogP contribution in [-0.4, -0.2) is 11.5 Å². The lowest BCUT2D eigenvalue weighted by molar-refractivity contribution is 0.500. The van der Waals surface area contributed by atoms with E-state index in [1.54, 1.807) is 0 Å². The first-order valence-electron chi connectivity index (χ1n) is 5.10. The second-order valence-electron chi connectivity index (χ2n) is 3.97. The van der Waals surface area contributed by atoms with Crippen molar-refractivity contribution in [2.45, 2.75) is 19.3 Å². The minimum absolute atomic E-state index is 0.711. The Bertz CT molecular complexity index is 305. The van der Waals surface area contributed by atoms with Crippen molar-refractivity contribution in [3.63, 3.8) is 0 Å². The molecule has 2 atom stereocenters. The van der Waals surface area contributed by atoms with Gasteiger partial charge in [0.1, 0.15) is 0 Å². The van der Waals surface area contributed by atoms with Gasteiger partial charge >= 0.3 is 0 Å². The molecule has 1 fully saturated rings. The zero-order valence-electron chi connectivity index (χ0n) is 8.37. The van der Waals surface area contributed by atoms with E-state index in [4.69, 9.17) is 0 Å². The highest BCUT2D eigenvalue weighted by Crippen LogP contribution is 2.35. The number of rotatable bonds is 2. The van der Waals surface area contributed by atoms with Gasteiger partial charge in [0.25, 0.3) is 0 Å². The van der Waals surface area contributed by atoms with Crippen molar-refractivity contribution in [1.29, 1.82) is 0 Å². The van der Waals surface area contributed by atoms with Crippen LogP contribution in [0.15, 0.2) is 28.7 Å². The van der Waals surface area contributed by atoms with Gasteiger partial charge in [-0.3, -0.25) is 0 Å². The Morgan fingerprint density at radius 3 is 3.00 bits per heavy atom.